The summed E-state index contributed by atoms with van der Waals surface area (Å²) >= 11 is 0. The molecule has 0 saturated heterocycles. The van der Waals surface area contributed by atoms with Gasteiger partial charge in [0.25, 0.3) is 0 Å². The summed E-state index contributed by atoms with van der Waals surface area (Å²) in [4.78, 5) is 24.9. The fourth-order valence-corrected chi connectivity index (χ4v) is 2.46. The molecule has 1 N–H and O–H groups in total. The van der Waals surface area contributed by atoms with Crippen molar-refractivity contribution in [3.63, 3.8) is 0 Å². The zero-order chi connectivity index (χ0) is 17.5. The number of aliphatic carboxylic acids is 1. The van der Waals surface area contributed by atoms with Crippen molar-refractivity contribution in [1.82, 2.24) is 14.7 Å². The molecule has 1 aromatic heterocycles. The molecule has 2 rings (SSSR count). The van der Waals surface area contributed by atoms with Crippen LogP contribution in [0.25, 0.3) is 5.69 Å². The molecule has 0 aliphatic heterocycles. The predicted molar refractivity (Wildman–Crippen MR) is 90.9 cm³/mol. The quantitative estimate of drug-likeness (QED) is 0.807. The summed E-state index contributed by atoms with van der Waals surface area (Å²) in [5, 5.41) is 13.0. The lowest BCUT2D eigenvalue weighted by molar-refractivity contribution is -0.138. The van der Waals surface area contributed by atoms with Crippen molar-refractivity contribution in [3.8, 4) is 5.69 Å². The van der Waals surface area contributed by atoms with Crippen LogP contribution in [-0.4, -0.2) is 44.8 Å². The third-order valence-corrected chi connectivity index (χ3v) is 3.59. The van der Waals surface area contributed by atoms with Crippen molar-refractivity contribution in [2.75, 3.05) is 13.1 Å². The van der Waals surface area contributed by atoms with Crippen LogP contribution in [0.3, 0.4) is 0 Å². The number of nitrogens with zero attached hydrogens (tertiary/aromatic N) is 3. The predicted octanol–water partition coefficient (Wildman–Crippen LogP) is 2.37. The lowest BCUT2D eigenvalue weighted by Crippen LogP contribution is -2.37. The summed E-state index contributed by atoms with van der Waals surface area (Å²) < 4.78 is 1.75. The maximum absolute atomic E-state index is 12.5. The number of rotatable bonds is 8. The number of carboxylic acid groups (broad SMARTS) is 1. The molecule has 0 fully saturated rings. The topological polar surface area (TPSA) is 75.4 Å². The molecular weight excluding hydrogens is 306 g/mol. The van der Waals surface area contributed by atoms with Crippen LogP contribution >= 0.6 is 0 Å². The van der Waals surface area contributed by atoms with Crippen molar-refractivity contribution >= 4 is 11.9 Å². The Morgan fingerprint density at radius 2 is 1.96 bits per heavy atom. The van der Waals surface area contributed by atoms with E-state index in [4.69, 9.17) is 5.11 Å². The van der Waals surface area contributed by atoms with Gasteiger partial charge in [-0.15, -0.1) is 0 Å². The molecule has 0 unspecified atom stereocenters. The van der Waals surface area contributed by atoms with Crippen LogP contribution in [0.2, 0.25) is 0 Å². The molecular formula is C18H23N3O3. The van der Waals surface area contributed by atoms with E-state index in [1.165, 1.54) is 0 Å². The minimum absolute atomic E-state index is 0.0311. The van der Waals surface area contributed by atoms with Gasteiger partial charge >= 0.3 is 5.97 Å². The summed E-state index contributed by atoms with van der Waals surface area (Å²) in [6.45, 7) is 4.84. The summed E-state index contributed by atoms with van der Waals surface area (Å²) in [6.07, 6.45) is 3.81. The highest BCUT2D eigenvalue weighted by Crippen LogP contribution is 2.11. The standard InChI is InChI=1S/C18H23N3O3/c1-14(2)13-20(11-8-18(23)24)17(22)12-15-4-6-16(7-5-15)21-10-3-9-19-21/h3-7,9-10,14H,8,11-13H2,1-2H3,(H,23,24). The van der Waals surface area contributed by atoms with E-state index >= 15 is 0 Å². The molecule has 0 aliphatic rings. The number of hydrogen-bond acceptors (Lipinski definition) is 3. The van der Waals surface area contributed by atoms with Crippen molar-refractivity contribution in [3.05, 3.63) is 48.3 Å². The van der Waals surface area contributed by atoms with Gasteiger partial charge in [-0.1, -0.05) is 26.0 Å². The average Bonchev–Trinajstić information content (AvgIpc) is 3.06. The molecule has 0 radical (unpaired) electrons. The van der Waals surface area contributed by atoms with E-state index in [1.54, 1.807) is 15.8 Å². The Hall–Kier alpha value is -2.63. The molecule has 0 saturated carbocycles. The first-order valence-electron chi connectivity index (χ1n) is 8.04. The molecule has 1 amide bonds. The zero-order valence-electron chi connectivity index (χ0n) is 14.1. The van der Waals surface area contributed by atoms with Crippen molar-refractivity contribution in [2.45, 2.75) is 26.7 Å². The maximum Gasteiger partial charge on any atom is 0.305 e. The summed E-state index contributed by atoms with van der Waals surface area (Å²) in [5.41, 5.74) is 1.83. The van der Waals surface area contributed by atoms with Crippen molar-refractivity contribution in [2.24, 2.45) is 5.92 Å². The van der Waals surface area contributed by atoms with Gasteiger partial charge in [0.1, 0.15) is 0 Å². The average molecular weight is 329 g/mol. The molecule has 0 aliphatic carbocycles. The number of amides is 1. The SMILES string of the molecule is CC(C)CN(CCC(=O)O)C(=O)Cc1ccc(-n2cccn2)cc1. The van der Waals surface area contributed by atoms with Crippen LogP contribution in [0.4, 0.5) is 0 Å². The normalized spacial score (nSPS) is 10.8. The third kappa shape index (κ3) is 5.22. The Bertz CT molecular complexity index is 663. The van der Waals surface area contributed by atoms with Crippen LogP contribution in [-0.2, 0) is 16.0 Å². The first-order valence-corrected chi connectivity index (χ1v) is 8.04. The second kappa shape index (κ2) is 8.29. The highest BCUT2D eigenvalue weighted by atomic mass is 16.4. The number of hydrogen-bond donors (Lipinski definition) is 1. The van der Waals surface area contributed by atoms with E-state index in [2.05, 4.69) is 5.10 Å². The van der Waals surface area contributed by atoms with Crippen LogP contribution in [0.5, 0.6) is 0 Å². The first kappa shape index (κ1) is 17.7. The van der Waals surface area contributed by atoms with E-state index in [-0.39, 0.29) is 25.3 Å². The second-order valence-corrected chi connectivity index (χ2v) is 6.17. The third-order valence-electron chi connectivity index (χ3n) is 3.59. The molecule has 0 spiro atoms. The molecule has 24 heavy (non-hydrogen) atoms. The molecule has 128 valence electrons. The summed E-state index contributed by atoms with van der Waals surface area (Å²) in [5.74, 6) is -0.637. The Labute approximate surface area is 141 Å². The molecule has 1 aromatic carbocycles. The second-order valence-electron chi connectivity index (χ2n) is 6.17. The monoisotopic (exact) mass is 329 g/mol. The van der Waals surface area contributed by atoms with Crippen LogP contribution in [0.15, 0.2) is 42.7 Å². The van der Waals surface area contributed by atoms with Gasteiger partial charge in [-0.25, -0.2) is 4.68 Å². The molecule has 1 heterocycles. The lowest BCUT2D eigenvalue weighted by atomic mass is 10.1. The van der Waals surface area contributed by atoms with Gasteiger partial charge in [-0.3, -0.25) is 9.59 Å². The van der Waals surface area contributed by atoms with E-state index in [0.29, 0.717) is 12.5 Å². The van der Waals surface area contributed by atoms with Crippen molar-refractivity contribution < 1.29 is 14.7 Å². The Morgan fingerprint density at radius 1 is 1.25 bits per heavy atom. The number of carboxylic acids is 1. The zero-order valence-corrected chi connectivity index (χ0v) is 14.1. The fraction of sp³-hybridized carbons (Fsp3) is 0.389. The van der Waals surface area contributed by atoms with Crippen molar-refractivity contribution in [1.29, 1.82) is 0 Å². The van der Waals surface area contributed by atoms with Gasteiger partial charge in [0.2, 0.25) is 5.91 Å². The Kier molecular flexibility index (Phi) is 6.12. The van der Waals surface area contributed by atoms with Gasteiger partial charge in [0.05, 0.1) is 18.5 Å². The summed E-state index contributed by atoms with van der Waals surface area (Å²) in [6, 6.07) is 9.49. The number of carbonyl (C=O) groups excluding carboxylic acids is 1. The highest BCUT2D eigenvalue weighted by Gasteiger charge is 2.16. The number of benzene rings is 1. The smallest absolute Gasteiger partial charge is 0.305 e. The van der Waals surface area contributed by atoms with Crippen LogP contribution < -0.4 is 0 Å². The summed E-state index contributed by atoms with van der Waals surface area (Å²) in [7, 11) is 0. The highest BCUT2D eigenvalue weighted by molar-refractivity contribution is 5.79. The van der Waals surface area contributed by atoms with Crippen LogP contribution in [0, 0.1) is 5.92 Å². The van der Waals surface area contributed by atoms with Crippen LogP contribution in [0.1, 0.15) is 25.8 Å². The minimum Gasteiger partial charge on any atom is -0.481 e. The van der Waals surface area contributed by atoms with Gasteiger partial charge in [-0.2, -0.15) is 5.10 Å². The van der Waals surface area contributed by atoms with Gasteiger partial charge in [0.15, 0.2) is 0 Å². The van der Waals surface area contributed by atoms with E-state index in [9.17, 15) is 9.59 Å². The Morgan fingerprint density at radius 3 is 2.50 bits per heavy atom. The molecule has 6 heteroatoms. The Balaban J connectivity index is 2.01. The van der Waals surface area contributed by atoms with E-state index in [0.717, 1.165) is 11.3 Å². The molecule has 0 bridgehead atoms. The number of aromatic nitrogens is 2. The van der Waals surface area contributed by atoms with E-state index < -0.39 is 5.97 Å². The van der Waals surface area contributed by atoms with E-state index in [1.807, 2.05) is 50.4 Å². The first-order chi connectivity index (χ1) is 11.5. The van der Waals surface area contributed by atoms with Gasteiger partial charge in [-0.05, 0) is 29.7 Å². The molecule has 0 atom stereocenters. The lowest BCUT2D eigenvalue weighted by Gasteiger charge is -2.24. The molecule has 6 nitrogen and oxygen atoms in total. The molecule has 2 aromatic rings. The fourth-order valence-electron chi connectivity index (χ4n) is 2.46. The minimum atomic E-state index is -0.889. The van der Waals surface area contributed by atoms with Gasteiger partial charge in [0, 0.05) is 25.5 Å². The number of carbonyl (C=O) groups is 2. The van der Waals surface area contributed by atoms with Gasteiger partial charge < -0.3 is 10.0 Å². The largest absolute Gasteiger partial charge is 0.481 e. The maximum atomic E-state index is 12.5.